The van der Waals surface area contributed by atoms with Crippen molar-refractivity contribution in [3.63, 3.8) is 0 Å². The van der Waals surface area contributed by atoms with Crippen molar-refractivity contribution in [1.29, 1.82) is 5.26 Å². The van der Waals surface area contributed by atoms with Gasteiger partial charge in [-0.05, 0) is 83.3 Å². The minimum Gasteiger partial charge on any atom is -0.496 e. The molecule has 0 unspecified atom stereocenters. The smallest absolute Gasteiger partial charge is 0.232 e. The van der Waals surface area contributed by atoms with Gasteiger partial charge < -0.3 is 10.1 Å². The number of fused-ring (bicyclic) bond motifs is 1. The normalized spacial score (nSPS) is 11.5. The first kappa shape index (κ1) is 24.7. The number of para-hydroxylation sites is 1. The fourth-order valence-corrected chi connectivity index (χ4v) is 4.58. The first-order valence-electron chi connectivity index (χ1n) is 12.1. The summed E-state index contributed by atoms with van der Waals surface area (Å²) in [6.45, 7) is 0. The minimum absolute atomic E-state index is 0.176. The summed E-state index contributed by atoms with van der Waals surface area (Å²) in [5.74, 6) is -0.294. The average Bonchev–Trinajstić information content (AvgIpc) is 2.96. The van der Waals surface area contributed by atoms with E-state index in [1.807, 2.05) is 54.6 Å². The third kappa shape index (κ3) is 5.23. The number of carbonyl (C=O) groups is 1. The molecule has 5 aromatic rings. The van der Waals surface area contributed by atoms with Gasteiger partial charge in [0, 0.05) is 17.3 Å². The molecule has 0 bridgehead atoms. The number of hydrogen-bond acceptors (Lipinski definition) is 4. The Bertz CT molecular complexity index is 1640. The van der Waals surface area contributed by atoms with Crippen LogP contribution in [0.2, 0.25) is 0 Å². The third-order valence-electron chi connectivity index (χ3n) is 6.54. The topological polar surface area (TPSA) is 75.0 Å². The number of pyridine rings is 1. The van der Waals surface area contributed by atoms with E-state index in [9.17, 15) is 9.18 Å². The number of benzene rings is 4. The highest BCUT2D eigenvalue weighted by atomic mass is 19.1. The van der Waals surface area contributed by atoms with Gasteiger partial charge in [0.1, 0.15) is 11.6 Å². The molecule has 0 radical (unpaired) electrons. The first-order chi connectivity index (χ1) is 18.6. The molecule has 6 heteroatoms. The predicted molar refractivity (Wildman–Crippen MR) is 146 cm³/mol. The first-order valence-corrected chi connectivity index (χ1v) is 12.1. The summed E-state index contributed by atoms with van der Waals surface area (Å²) in [7, 11) is 1.61. The second kappa shape index (κ2) is 10.9. The molecule has 1 aromatic heterocycles. The summed E-state index contributed by atoms with van der Waals surface area (Å²) in [6.07, 6.45) is 2.13. The number of methoxy groups -OCH3 is 1. The van der Waals surface area contributed by atoms with Crippen molar-refractivity contribution in [2.75, 3.05) is 12.4 Å². The maximum Gasteiger partial charge on any atom is 0.232 e. The van der Waals surface area contributed by atoms with Gasteiger partial charge in [-0.2, -0.15) is 5.26 Å². The van der Waals surface area contributed by atoms with Gasteiger partial charge in [-0.15, -0.1) is 0 Å². The predicted octanol–water partition coefficient (Wildman–Crippen LogP) is 6.89. The summed E-state index contributed by atoms with van der Waals surface area (Å²) in [5, 5.41) is 12.8. The van der Waals surface area contributed by atoms with Crippen LogP contribution in [0.1, 0.15) is 22.6 Å². The molecule has 1 N–H and O–H groups in total. The summed E-state index contributed by atoms with van der Waals surface area (Å²) in [6, 6.07) is 30.7. The van der Waals surface area contributed by atoms with E-state index in [1.165, 1.54) is 12.1 Å². The van der Waals surface area contributed by atoms with E-state index in [0.29, 0.717) is 28.9 Å². The monoisotopic (exact) mass is 501 g/mol. The Labute approximate surface area is 220 Å². The lowest BCUT2D eigenvalue weighted by Crippen LogP contribution is -2.23. The number of aromatic nitrogens is 1. The largest absolute Gasteiger partial charge is 0.496 e. The maximum atomic E-state index is 14.0. The van der Waals surface area contributed by atoms with E-state index in [0.717, 1.165) is 27.6 Å². The molecule has 0 saturated heterocycles. The van der Waals surface area contributed by atoms with Gasteiger partial charge in [-0.25, -0.2) is 4.39 Å². The highest BCUT2D eigenvalue weighted by molar-refractivity contribution is 5.97. The molecule has 38 heavy (non-hydrogen) atoms. The number of carbonyl (C=O) groups excluding carboxylic acids is 1. The standard InChI is InChI=1S/C32H24FN3O2/c1-38-31-5-3-2-4-24(31)18-28(32(37)36-26-13-6-21(20-34)7-14-26)23-10-8-22(9-11-23)27-16-17-35-30-15-12-25(33)19-29(27)30/h2-17,19,28H,18H2,1H3,(H,36,37)/t28-/m1/s1. The fraction of sp³-hybridized carbons (Fsp3) is 0.0938. The zero-order chi connectivity index (χ0) is 26.5. The fourth-order valence-electron chi connectivity index (χ4n) is 4.58. The lowest BCUT2D eigenvalue weighted by molar-refractivity contribution is -0.117. The molecule has 4 aromatic carbocycles. The van der Waals surface area contributed by atoms with Gasteiger partial charge in [0.25, 0.3) is 0 Å². The van der Waals surface area contributed by atoms with Gasteiger partial charge in [0.15, 0.2) is 0 Å². The number of anilines is 1. The summed E-state index contributed by atoms with van der Waals surface area (Å²) in [4.78, 5) is 17.9. The van der Waals surface area contributed by atoms with Crippen molar-refractivity contribution < 1.29 is 13.9 Å². The molecular weight excluding hydrogens is 477 g/mol. The van der Waals surface area contributed by atoms with Crippen LogP contribution in [0.25, 0.3) is 22.0 Å². The molecule has 0 fully saturated rings. The number of hydrogen-bond donors (Lipinski definition) is 1. The molecule has 5 nitrogen and oxygen atoms in total. The van der Waals surface area contributed by atoms with E-state index in [-0.39, 0.29) is 11.7 Å². The molecule has 0 aliphatic heterocycles. The van der Waals surface area contributed by atoms with Gasteiger partial charge in [-0.3, -0.25) is 9.78 Å². The van der Waals surface area contributed by atoms with Gasteiger partial charge in [0.2, 0.25) is 5.91 Å². The van der Waals surface area contributed by atoms with Gasteiger partial charge in [-0.1, -0.05) is 42.5 Å². The Morgan fingerprint density at radius 1 is 1.00 bits per heavy atom. The number of amides is 1. The molecule has 0 aliphatic carbocycles. The molecular formula is C32H24FN3O2. The van der Waals surface area contributed by atoms with Crippen molar-refractivity contribution in [2.45, 2.75) is 12.3 Å². The lowest BCUT2D eigenvalue weighted by atomic mass is 9.89. The molecule has 0 aliphatic rings. The molecule has 1 heterocycles. The van der Waals surface area contributed by atoms with E-state index < -0.39 is 5.92 Å². The van der Waals surface area contributed by atoms with Gasteiger partial charge in [0.05, 0.1) is 30.2 Å². The van der Waals surface area contributed by atoms with Crippen LogP contribution < -0.4 is 10.1 Å². The SMILES string of the molecule is COc1ccccc1C[C@@H](C(=O)Nc1ccc(C#N)cc1)c1ccc(-c2ccnc3ccc(F)cc23)cc1. The minimum atomic E-state index is -0.511. The van der Waals surface area contributed by atoms with Crippen molar-refractivity contribution in [3.05, 3.63) is 126 Å². The zero-order valence-corrected chi connectivity index (χ0v) is 20.7. The molecule has 0 spiro atoms. The molecule has 1 amide bonds. The van der Waals surface area contributed by atoms with E-state index >= 15 is 0 Å². The van der Waals surface area contributed by atoms with Crippen LogP contribution in [0.4, 0.5) is 10.1 Å². The van der Waals surface area contributed by atoms with Crippen molar-refractivity contribution >= 4 is 22.5 Å². The number of halogens is 1. The third-order valence-corrected chi connectivity index (χ3v) is 6.54. The Morgan fingerprint density at radius 2 is 1.76 bits per heavy atom. The van der Waals surface area contributed by atoms with Crippen LogP contribution in [0, 0.1) is 17.1 Å². The van der Waals surface area contributed by atoms with Crippen molar-refractivity contribution in [3.8, 4) is 22.9 Å². The Morgan fingerprint density at radius 3 is 2.50 bits per heavy atom. The van der Waals surface area contributed by atoms with E-state index in [1.54, 1.807) is 43.6 Å². The highest BCUT2D eigenvalue weighted by Crippen LogP contribution is 2.32. The molecule has 5 rings (SSSR count). The van der Waals surface area contributed by atoms with Crippen molar-refractivity contribution in [2.24, 2.45) is 0 Å². The van der Waals surface area contributed by atoms with Crippen LogP contribution in [0.5, 0.6) is 5.75 Å². The van der Waals surface area contributed by atoms with Crippen molar-refractivity contribution in [1.82, 2.24) is 4.98 Å². The molecule has 186 valence electrons. The van der Waals surface area contributed by atoms with Crippen LogP contribution in [-0.2, 0) is 11.2 Å². The molecule has 0 saturated carbocycles. The van der Waals surface area contributed by atoms with Crippen LogP contribution in [0.3, 0.4) is 0 Å². The second-order valence-corrected chi connectivity index (χ2v) is 8.89. The number of rotatable bonds is 7. The number of nitrogens with zero attached hydrogens (tertiary/aromatic N) is 2. The summed E-state index contributed by atoms with van der Waals surface area (Å²) in [5.41, 5.74) is 5.35. The lowest BCUT2D eigenvalue weighted by Gasteiger charge is -2.19. The summed E-state index contributed by atoms with van der Waals surface area (Å²) >= 11 is 0. The average molecular weight is 502 g/mol. The van der Waals surface area contributed by atoms with Gasteiger partial charge >= 0.3 is 0 Å². The Kier molecular flexibility index (Phi) is 7.10. The maximum absolute atomic E-state index is 14.0. The zero-order valence-electron chi connectivity index (χ0n) is 20.7. The highest BCUT2D eigenvalue weighted by Gasteiger charge is 2.23. The molecule has 1 atom stereocenters. The Balaban J connectivity index is 1.49. The van der Waals surface area contributed by atoms with Crippen LogP contribution >= 0.6 is 0 Å². The summed E-state index contributed by atoms with van der Waals surface area (Å²) < 4.78 is 19.5. The number of nitriles is 1. The number of nitrogens with one attached hydrogen (secondary N) is 1. The number of ether oxygens (including phenoxy) is 1. The van der Waals surface area contributed by atoms with E-state index in [4.69, 9.17) is 10.00 Å². The second-order valence-electron chi connectivity index (χ2n) is 8.89. The Hall–Kier alpha value is -5.02. The van der Waals surface area contributed by atoms with Crippen LogP contribution in [-0.4, -0.2) is 18.0 Å². The van der Waals surface area contributed by atoms with Crippen LogP contribution in [0.15, 0.2) is 103 Å². The van der Waals surface area contributed by atoms with E-state index in [2.05, 4.69) is 16.4 Å². The quantitative estimate of drug-likeness (QED) is 0.264.